The van der Waals surface area contributed by atoms with Crippen LogP contribution in [0.4, 0.5) is 11.4 Å². The Morgan fingerprint density at radius 2 is 2.00 bits per heavy atom. The van der Waals surface area contributed by atoms with Crippen molar-refractivity contribution in [2.75, 3.05) is 18.5 Å². The minimum atomic E-state index is 0.543. The third-order valence-electron chi connectivity index (χ3n) is 4.77. The molecule has 0 radical (unpaired) electrons. The lowest BCUT2D eigenvalue weighted by molar-refractivity contribution is 0.341. The largest absolute Gasteiger partial charge is 0.453 e. The fourth-order valence-electron chi connectivity index (χ4n) is 3.42. The summed E-state index contributed by atoms with van der Waals surface area (Å²) in [5.74, 6) is 1.60. The van der Waals surface area contributed by atoms with Gasteiger partial charge in [-0.15, -0.1) is 0 Å². The molecule has 0 amide bonds. The van der Waals surface area contributed by atoms with Crippen LogP contribution in [0.5, 0.6) is 11.5 Å². The molecule has 24 heavy (non-hydrogen) atoms. The van der Waals surface area contributed by atoms with Crippen LogP contribution < -0.4 is 9.64 Å². The number of fused-ring (bicyclic) bond motifs is 2. The molecule has 2 heterocycles. The molecule has 4 rings (SSSR count). The van der Waals surface area contributed by atoms with Gasteiger partial charge in [0, 0.05) is 25.7 Å². The van der Waals surface area contributed by atoms with Gasteiger partial charge in [-0.1, -0.05) is 18.2 Å². The Morgan fingerprint density at radius 3 is 2.79 bits per heavy atom. The van der Waals surface area contributed by atoms with Gasteiger partial charge < -0.3 is 14.5 Å². The zero-order valence-electron chi connectivity index (χ0n) is 13.6. The van der Waals surface area contributed by atoms with E-state index in [1.54, 1.807) is 0 Å². The van der Waals surface area contributed by atoms with Gasteiger partial charge in [-0.2, -0.15) is 5.26 Å². The minimum Gasteiger partial charge on any atom is -0.453 e. The summed E-state index contributed by atoms with van der Waals surface area (Å²) in [6.45, 7) is 0.913. The molecule has 120 valence electrons. The average molecular weight is 317 g/mol. The number of hydrogen-bond donors (Lipinski definition) is 0. The van der Waals surface area contributed by atoms with Crippen molar-refractivity contribution in [2.24, 2.45) is 0 Å². The fraction of sp³-hybridized carbons (Fsp3) is 0.250. The molecule has 0 bridgehead atoms. The minimum absolute atomic E-state index is 0.543. The van der Waals surface area contributed by atoms with Gasteiger partial charge in [-0.05, 0) is 43.3 Å². The summed E-state index contributed by atoms with van der Waals surface area (Å²) in [7, 11) is 2.13. The Labute approximate surface area is 142 Å². The van der Waals surface area contributed by atoms with E-state index in [1.165, 1.54) is 0 Å². The first-order valence-corrected chi connectivity index (χ1v) is 8.23. The summed E-state index contributed by atoms with van der Waals surface area (Å²) in [6, 6.07) is 16.5. The number of nitrogens with zero attached hydrogens (tertiary/aromatic N) is 3. The highest BCUT2D eigenvalue weighted by molar-refractivity contribution is 5.78. The van der Waals surface area contributed by atoms with Gasteiger partial charge in [0.1, 0.15) is 0 Å². The maximum atomic E-state index is 9.14. The molecule has 1 atom stereocenters. The van der Waals surface area contributed by atoms with Crippen molar-refractivity contribution in [2.45, 2.75) is 18.9 Å². The molecule has 0 aliphatic carbocycles. The van der Waals surface area contributed by atoms with Gasteiger partial charge in [0.2, 0.25) is 0 Å². The highest BCUT2D eigenvalue weighted by Crippen LogP contribution is 2.46. The maximum absolute atomic E-state index is 9.14. The lowest BCUT2D eigenvalue weighted by atomic mass is 10.1. The third kappa shape index (κ3) is 2.48. The van der Waals surface area contributed by atoms with Crippen molar-refractivity contribution in [1.82, 2.24) is 4.90 Å². The zero-order chi connectivity index (χ0) is 16.5. The first kappa shape index (κ1) is 14.6. The lowest BCUT2D eigenvalue weighted by Crippen LogP contribution is -2.30. The lowest BCUT2D eigenvalue weighted by Gasteiger charge is -2.34. The first-order valence-electron chi connectivity index (χ1n) is 8.23. The SMILES string of the molecule is CN1C=CCC1CCN1c2ccccc2Oc2cc(C#N)ccc21. The normalized spacial score (nSPS) is 17.9. The van der Waals surface area contributed by atoms with Crippen molar-refractivity contribution < 1.29 is 4.74 Å². The molecule has 2 aliphatic heterocycles. The van der Waals surface area contributed by atoms with Crippen LogP contribution in [0.15, 0.2) is 54.7 Å². The topological polar surface area (TPSA) is 39.5 Å². The molecular weight excluding hydrogens is 298 g/mol. The average Bonchev–Trinajstić information content (AvgIpc) is 3.03. The van der Waals surface area contributed by atoms with Gasteiger partial charge in [-0.25, -0.2) is 0 Å². The molecule has 4 heteroatoms. The second-order valence-electron chi connectivity index (χ2n) is 6.24. The second-order valence-corrected chi connectivity index (χ2v) is 6.24. The highest BCUT2D eigenvalue weighted by Gasteiger charge is 2.26. The van der Waals surface area contributed by atoms with E-state index in [2.05, 4.69) is 41.3 Å². The van der Waals surface area contributed by atoms with E-state index in [9.17, 15) is 0 Å². The van der Waals surface area contributed by atoms with E-state index in [4.69, 9.17) is 10.00 Å². The number of nitriles is 1. The van der Waals surface area contributed by atoms with E-state index in [1.807, 2.05) is 36.4 Å². The van der Waals surface area contributed by atoms with Crippen molar-refractivity contribution in [3.05, 3.63) is 60.3 Å². The summed E-state index contributed by atoms with van der Waals surface area (Å²) in [5, 5.41) is 9.14. The fourth-order valence-corrected chi connectivity index (χ4v) is 3.42. The van der Waals surface area contributed by atoms with E-state index >= 15 is 0 Å². The first-order chi connectivity index (χ1) is 11.8. The van der Waals surface area contributed by atoms with Gasteiger partial charge in [0.25, 0.3) is 0 Å². The van der Waals surface area contributed by atoms with Crippen molar-refractivity contribution in [3.63, 3.8) is 0 Å². The predicted octanol–water partition coefficient (Wildman–Crippen LogP) is 4.41. The Balaban J connectivity index is 1.66. The van der Waals surface area contributed by atoms with E-state index < -0.39 is 0 Å². The zero-order valence-corrected chi connectivity index (χ0v) is 13.6. The Hall–Kier alpha value is -2.93. The molecule has 2 aromatic carbocycles. The third-order valence-corrected chi connectivity index (χ3v) is 4.77. The molecule has 4 nitrogen and oxygen atoms in total. The molecule has 0 saturated heterocycles. The molecular formula is C20H19N3O. The summed E-state index contributed by atoms with van der Waals surface area (Å²) in [5.41, 5.74) is 2.73. The molecule has 0 aromatic heterocycles. The summed E-state index contributed by atoms with van der Waals surface area (Å²) >= 11 is 0. The second kappa shape index (κ2) is 5.93. The van der Waals surface area contributed by atoms with Gasteiger partial charge >= 0.3 is 0 Å². The van der Waals surface area contributed by atoms with Crippen molar-refractivity contribution in [1.29, 1.82) is 5.26 Å². The van der Waals surface area contributed by atoms with Crippen molar-refractivity contribution in [3.8, 4) is 17.6 Å². The molecule has 0 saturated carbocycles. The number of rotatable bonds is 3. The quantitative estimate of drug-likeness (QED) is 0.840. The van der Waals surface area contributed by atoms with Gasteiger partial charge in [-0.3, -0.25) is 0 Å². The van der Waals surface area contributed by atoms with Gasteiger partial charge in [0.05, 0.1) is 23.0 Å². The standard InChI is InChI=1S/C20H19N3O/c1-22-11-4-5-16(22)10-12-23-17-6-2-3-7-19(17)24-20-13-15(14-21)8-9-18(20)23/h2-4,6-9,11,13,16H,5,10,12H2,1H3. The summed E-state index contributed by atoms with van der Waals surface area (Å²) in [4.78, 5) is 4.59. The summed E-state index contributed by atoms with van der Waals surface area (Å²) < 4.78 is 6.03. The molecule has 0 spiro atoms. The summed E-state index contributed by atoms with van der Waals surface area (Å²) in [6.07, 6.45) is 6.55. The van der Waals surface area contributed by atoms with E-state index in [0.29, 0.717) is 11.6 Å². The Bertz CT molecular complexity index is 837. The van der Waals surface area contributed by atoms with Crippen LogP contribution >= 0.6 is 0 Å². The molecule has 1 unspecified atom stereocenters. The van der Waals surface area contributed by atoms with Crippen LogP contribution in [0.1, 0.15) is 18.4 Å². The van der Waals surface area contributed by atoms with Gasteiger partial charge in [0.15, 0.2) is 11.5 Å². The number of hydrogen-bond acceptors (Lipinski definition) is 4. The van der Waals surface area contributed by atoms with E-state index in [-0.39, 0.29) is 0 Å². The van der Waals surface area contributed by atoms with Crippen LogP contribution in [-0.4, -0.2) is 24.5 Å². The highest BCUT2D eigenvalue weighted by atomic mass is 16.5. The van der Waals surface area contributed by atoms with Crippen molar-refractivity contribution >= 4 is 11.4 Å². The number of anilines is 2. The Morgan fingerprint density at radius 1 is 1.17 bits per heavy atom. The predicted molar refractivity (Wildman–Crippen MR) is 94.6 cm³/mol. The molecule has 2 aliphatic rings. The van der Waals surface area contributed by atoms with Crippen LogP contribution in [-0.2, 0) is 0 Å². The molecule has 0 N–H and O–H groups in total. The number of benzene rings is 2. The molecule has 2 aromatic rings. The Kier molecular flexibility index (Phi) is 3.62. The number of para-hydroxylation sites is 2. The smallest absolute Gasteiger partial charge is 0.152 e. The van der Waals surface area contributed by atoms with Crippen LogP contribution in [0.25, 0.3) is 0 Å². The maximum Gasteiger partial charge on any atom is 0.152 e. The molecule has 0 fully saturated rings. The monoisotopic (exact) mass is 317 g/mol. The number of ether oxygens (including phenoxy) is 1. The van der Waals surface area contributed by atoms with E-state index in [0.717, 1.165) is 42.3 Å². The van der Waals surface area contributed by atoms with Crippen LogP contribution in [0.2, 0.25) is 0 Å². The van der Waals surface area contributed by atoms with Crippen LogP contribution in [0.3, 0.4) is 0 Å². The van der Waals surface area contributed by atoms with Crippen LogP contribution in [0, 0.1) is 11.3 Å².